The third-order valence-corrected chi connectivity index (χ3v) is 3.41. The van der Waals surface area contributed by atoms with E-state index in [-0.39, 0.29) is 11.8 Å². The first-order chi connectivity index (χ1) is 7.25. The van der Waals surface area contributed by atoms with Gasteiger partial charge in [0.05, 0.1) is 5.92 Å². The smallest absolute Gasteiger partial charge is 0.224 e. The lowest BCUT2D eigenvalue weighted by molar-refractivity contribution is -0.126. The number of carbonyl (C=O) groups is 1. The van der Waals surface area contributed by atoms with Gasteiger partial charge in [-0.3, -0.25) is 4.79 Å². The highest BCUT2D eigenvalue weighted by Crippen LogP contribution is 2.12. The predicted octanol–water partition coefficient (Wildman–Crippen LogP) is -0.194. The first-order valence-electron chi connectivity index (χ1n) is 5.95. The Balaban J connectivity index is 1.76. The van der Waals surface area contributed by atoms with Crippen LogP contribution >= 0.6 is 0 Å². The molecule has 0 aromatic heterocycles. The van der Waals surface area contributed by atoms with E-state index in [4.69, 9.17) is 0 Å². The van der Waals surface area contributed by atoms with Gasteiger partial charge in [-0.15, -0.1) is 0 Å². The lowest BCUT2D eigenvalue weighted by Crippen LogP contribution is -2.45. The summed E-state index contributed by atoms with van der Waals surface area (Å²) < 4.78 is 0. The van der Waals surface area contributed by atoms with Crippen molar-refractivity contribution in [2.75, 3.05) is 33.2 Å². The fourth-order valence-corrected chi connectivity index (χ4v) is 2.45. The summed E-state index contributed by atoms with van der Waals surface area (Å²) in [6, 6.07) is 0.379. The summed E-state index contributed by atoms with van der Waals surface area (Å²) >= 11 is 0. The van der Waals surface area contributed by atoms with Crippen LogP contribution in [-0.4, -0.2) is 50.1 Å². The van der Waals surface area contributed by atoms with Crippen LogP contribution in [-0.2, 0) is 4.79 Å². The molecule has 4 nitrogen and oxygen atoms in total. The summed E-state index contributed by atoms with van der Waals surface area (Å²) in [6.07, 6.45) is 3.27. The van der Waals surface area contributed by atoms with Crippen molar-refractivity contribution in [3.63, 3.8) is 0 Å². The van der Waals surface area contributed by atoms with E-state index in [0.717, 1.165) is 45.4 Å². The van der Waals surface area contributed by atoms with Crippen molar-refractivity contribution in [1.82, 2.24) is 15.5 Å². The zero-order valence-corrected chi connectivity index (χ0v) is 9.46. The molecule has 0 aromatic carbocycles. The van der Waals surface area contributed by atoms with Crippen LogP contribution in [0.1, 0.15) is 19.3 Å². The lowest BCUT2D eigenvalue weighted by atomic mass is 9.98. The Morgan fingerprint density at radius 1 is 1.47 bits per heavy atom. The van der Waals surface area contributed by atoms with Crippen molar-refractivity contribution in [2.45, 2.75) is 25.3 Å². The second-order valence-electron chi connectivity index (χ2n) is 4.80. The van der Waals surface area contributed by atoms with Crippen molar-refractivity contribution >= 4 is 5.91 Å². The van der Waals surface area contributed by atoms with E-state index in [1.807, 2.05) is 0 Å². The van der Waals surface area contributed by atoms with Crippen LogP contribution in [0.4, 0.5) is 0 Å². The number of nitrogens with one attached hydrogen (secondary N) is 2. The molecule has 0 saturated carbocycles. The first-order valence-corrected chi connectivity index (χ1v) is 5.95. The van der Waals surface area contributed by atoms with Gasteiger partial charge in [0.1, 0.15) is 0 Å². The lowest BCUT2D eigenvalue weighted by Gasteiger charge is -2.23. The molecular formula is C11H21N3O. The van der Waals surface area contributed by atoms with Crippen LogP contribution in [0, 0.1) is 5.92 Å². The molecule has 2 N–H and O–H groups in total. The normalized spacial score (nSPS) is 32.9. The molecule has 0 aliphatic carbocycles. The van der Waals surface area contributed by atoms with Gasteiger partial charge >= 0.3 is 0 Å². The molecule has 2 saturated heterocycles. The molecule has 1 amide bonds. The molecule has 2 rings (SSSR count). The van der Waals surface area contributed by atoms with Crippen LogP contribution in [0.5, 0.6) is 0 Å². The van der Waals surface area contributed by atoms with Gasteiger partial charge < -0.3 is 15.5 Å². The maximum atomic E-state index is 11.9. The van der Waals surface area contributed by atoms with Crippen molar-refractivity contribution < 1.29 is 4.79 Å². The largest absolute Gasteiger partial charge is 0.352 e. The molecule has 0 aromatic rings. The van der Waals surface area contributed by atoms with E-state index in [1.165, 1.54) is 0 Å². The van der Waals surface area contributed by atoms with Gasteiger partial charge in [-0.2, -0.15) is 0 Å². The maximum absolute atomic E-state index is 11.9. The SMILES string of the molecule is CN1CCC(NC(=O)[C@H]2CCCNC2)C1. The molecule has 2 heterocycles. The second kappa shape index (κ2) is 4.94. The molecule has 0 spiro atoms. The van der Waals surface area contributed by atoms with E-state index in [1.54, 1.807) is 0 Å². The second-order valence-corrected chi connectivity index (χ2v) is 4.80. The Kier molecular flexibility index (Phi) is 3.59. The molecule has 86 valence electrons. The monoisotopic (exact) mass is 211 g/mol. The summed E-state index contributed by atoms with van der Waals surface area (Å²) in [5.74, 6) is 0.451. The van der Waals surface area contributed by atoms with Gasteiger partial charge in [0.2, 0.25) is 5.91 Å². The van der Waals surface area contributed by atoms with Crippen molar-refractivity contribution in [2.24, 2.45) is 5.92 Å². The third kappa shape index (κ3) is 2.92. The summed E-state index contributed by atoms with van der Waals surface area (Å²) in [6.45, 7) is 4.03. The number of carbonyl (C=O) groups excluding carboxylic acids is 1. The number of nitrogens with zero attached hydrogens (tertiary/aromatic N) is 1. The third-order valence-electron chi connectivity index (χ3n) is 3.41. The number of hydrogen-bond donors (Lipinski definition) is 2. The molecular weight excluding hydrogens is 190 g/mol. The number of rotatable bonds is 2. The Bertz CT molecular complexity index is 226. The van der Waals surface area contributed by atoms with E-state index in [0.29, 0.717) is 6.04 Å². The Morgan fingerprint density at radius 3 is 2.93 bits per heavy atom. The molecule has 0 radical (unpaired) electrons. The minimum atomic E-state index is 0.199. The van der Waals surface area contributed by atoms with E-state index in [9.17, 15) is 4.79 Å². The number of hydrogen-bond acceptors (Lipinski definition) is 3. The number of likely N-dealkylation sites (tertiary alicyclic amines) is 1. The van der Waals surface area contributed by atoms with E-state index < -0.39 is 0 Å². The van der Waals surface area contributed by atoms with Crippen LogP contribution in [0.2, 0.25) is 0 Å². The zero-order chi connectivity index (χ0) is 10.7. The minimum Gasteiger partial charge on any atom is -0.352 e. The van der Waals surface area contributed by atoms with Crippen molar-refractivity contribution in [1.29, 1.82) is 0 Å². The van der Waals surface area contributed by atoms with Crippen LogP contribution < -0.4 is 10.6 Å². The topological polar surface area (TPSA) is 44.4 Å². The highest BCUT2D eigenvalue weighted by molar-refractivity contribution is 5.79. The Labute approximate surface area is 91.4 Å². The van der Waals surface area contributed by atoms with Crippen molar-refractivity contribution in [3.05, 3.63) is 0 Å². The molecule has 4 heteroatoms. The average molecular weight is 211 g/mol. The number of amides is 1. The Morgan fingerprint density at radius 2 is 2.33 bits per heavy atom. The molecule has 0 bridgehead atoms. The minimum absolute atomic E-state index is 0.199. The van der Waals surface area contributed by atoms with Gasteiger partial charge in [0.25, 0.3) is 0 Å². The molecule has 1 unspecified atom stereocenters. The molecule has 2 fully saturated rings. The Hall–Kier alpha value is -0.610. The quantitative estimate of drug-likeness (QED) is 0.665. The standard InChI is InChI=1S/C11H21N3O/c1-14-6-4-10(8-14)13-11(15)9-3-2-5-12-7-9/h9-10,12H,2-8H2,1H3,(H,13,15)/t9-,10?/m0/s1. The van der Waals surface area contributed by atoms with Gasteiger partial charge in [-0.05, 0) is 39.4 Å². The van der Waals surface area contributed by atoms with Crippen LogP contribution in [0.15, 0.2) is 0 Å². The van der Waals surface area contributed by atoms with Gasteiger partial charge in [0, 0.05) is 19.1 Å². The van der Waals surface area contributed by atoms with Crippen molar-refractivity contribution in [3.8, 4) is 0 Å². The van der Waals surface area contributed by atoms with Crippen LogP contribution in [0.3, 0.4) is 0 Å². The average Bonchev–Trinajstić information content (AvgIpc) is 2.65. The van der Waals surface area contributed by atoms with Crippen LogP contribution in [0.25, 0.3) is 0 Å². The summed E-state index contributed by atoms with van der Waals surface area (Å²) in [4.78, 5) is 14.2. The summed E-state index contributed by atoms with van der Waals surface area (Å²) in [5, 5.41) is 6.44. The van der Waals surface area contributed by atoms with Gasteiger partial charge in [-0.25, -0.2) is 0 Å². The number of piperidine rings is 1. The van der Waals surface area contributed by atoms with Gasteiger partial charge in [-0.1, -0.05) is 0 Å². The van der Waals surface area contributed by atoms with Gasteiger partial charge in [0.15, 0.2) is 0 Å². The number of likely N-dealkylation sites (N-methyl/N-ethyl adjacent to an activating group) is 1. The molecule has 2 aliphatic heterocycles. The van der Waals surface area contributed by atoms with E-state index in [2.05, 4.69) is 22.6 Å². The summed E-state index contributed by atoms with van der Waals surface area (Å²) in [5.41, 5.74) is 0. The fraction of sp³-hybridized carbons (Fsp3) is 0.909. The maximum Gasteiger partial charge on any atom is 0.224 e. The summed E-state index contributed by atoms with van der Waals surface area (Å²) in [7, 11) is 2.11. The molecule has 15 heavy (non-hydrogen) atoms. The highest BCUT2D eigenvalue weighted by Gasteiger charge is 2.26. The van der Waals surface area contributed by atoms with E-state index >= 15 is 0 Å². The zero-order valence-electron chi connectivity index (χ0n) is 9.46. The molecule has 2 atom stereocenters. The first kappa shape index (κ1) is 10.9. The fourth-order valence-electron chi connectivity index (χ4n) is 2.45. The highest BCUT2D eigenvalue weighted by atomic mass is 16.2. The predicted molar refractivity (Wildman–Crippen MR) is 59.6 cm³/mol. The molecule has 2 aliphatic rings.